The van der Waals surface area contributed by atoms with E-state index >= 15 is 0 Å². The number of hydrogen-bond donors (Lipinski definition) is 0. The van der Waals surface area contributed by atoms with E-state index in [-0.39, 0.29) is 0 Å². The Kier molecular flexibility index (Phi) is 9.27. The molecule has 1 aromatic heterocycles. The van der Waals surface area contributed by atoms with Crippen LogP contribution in [0.2, 0.25) is 0 Å². The number of benzene rings is 11. The molecule has 70 heavy (non-hydrogen) atoms. The first kappa shape index (κ1) is 40.5. The first-order valence-electron chi connectivity index (χ1n) is 24.2. The van der Waals surface area contributed by atoms with E-state index in [9.17, 15) is 0 Å². The summed E-state index contributed by atoms with van der Waals surface area (Å²) < 4.78 is 2.64. The standard InChI is InChI=1S/C68H45NS/c1-5-20-47(21-6-1)67(48-22-7-2-8-23-48)61-33-16-13-28-55(61)59-44-52(40-42-63(59)67)69(51-38-36-46(37-39-51)54-31-19-32-58-57-30-15-18-35-65(57)70-66(54)58)53-41-43-64-60(45-53)56-29-14-17-34-62(56)68(64,49-24-9-3-10-25-49)50-26-11-4-12-27-50/h1-45H. The second-order valence-electron chi connectivity index (χ2n) is 18.7. The van der Waals surface area contributed by atoms with Crippen LogP contribution in [-0.4, -0.2) is 0 Å². The summed E-state index contributed by atoms with van der Waals surface area (Å²) in [4.78, 5) is 2.48. The van der Waals surface area contributed by atoms with E-state index in [1.807, 2.05) is 11.3 Å². The lowest BCUT2D eigenvalue weighted by molar-refractivity contribution is 0.768. The van der Waals surface area contributed by atoms with Crippen molar-refractivity contribution in [3.05, 3.63) is 317 Å². The fraction of sp³-hybridized carbons (Fsp3) is 0.0294. The highest BCUT2D eigenvalue weighted by Gasteiger charge is 2.48. The number of nitrogens with zero attached hydrogens (tertiary/aromatic N) is 1. The summed E-state index contributed by atoms with van der Waals surface area (Å²) in [5.74, 6) is 0. The summed E-state index contributed by atoms with van der Waals surface area (Å²) in [5, 5.41) is 2.63. The van der Waals surface area contributed by atoms with Crippen LogP contribution in [0.25, 0.3) is 53.6 Å². The summed E-state index contributed by atoms with van der Waals surface area (Å²) >= 11 is 1.88. The zero-order chi connectivity index (χ0) is 46.2. The summed E-state index contributed by atoms with van der Waals surface area (Å²) in [5.41, 5.74) is 20.1. The summed E-state index contributed by atoms with van der Waals surface area (Å²) in [7, 11) is 0. The van der Waals surface area contributed by atoms with Gasteiger partial charge in [0.25, 0.3) is 0 Å². The van der Waals surface area contributed by atoms with E-state index in [1.165, 1.54) is 98.1 Å². The van der Waals surface area contributed by atoms with Crippen molar-refractivity contribution in [1.29, 1.82) is 0 Å². The lowest BCUT2D eigenvalue weighted by Crippen LogP contribution is -2.28. The highest BCUT2D eigenvalue weighted by molar-refractivity contribution is 7.26. The van der Waals surface area contributed by atoms with Gasteiger partial charge in [0, 0.05) is 37.2 Å². The molecular formula is C68H45NS. The van der Waals surface area contributed by atoms with Crippen molar-refractivity contribution in [3.8, 4) is 33.4 Å². The van der Waals surface area contributed by atoms with Crippen LogP contribution >= 0.6 is 11.3 Å². The van der Waals surface area contributed by atoms with Crippen LogP contribution in [0, 0.1) is 0 Å². The average Bonchev–Trinajstić information content (AvgIpc) is 4.07. The molecule has 0 radical (unpaired) electrons. The quantitative estimate of drug-likeness (QED) is 0.147. The van der Waals surface area contributed by atoms with Crippen molar-refractivity contribution in [2.45, 2.75) is 10.8 Å². The molecule has 14 rings (SSSR count). The molecule has 0 fully saturated rings. The molecule has 0 saturated heterocycles. The predicted octanol–water partition coefficient (Wildman–Crippen LogP) is 17.9. The van der Waals surface area contributed by atoms with Gasteiger partial charge in [-0.15, -0.1) is 11.3 Å². The van der Waals surface area contributed by atoms with Gasteiger partial charge >= 0.3 is 0 Å². The van der Waals surface area contributed by atoms with Gasteiger partial charge < -0.3 is 4.90 Å². The SMILES string of the molecule is c1ccc(C2(c3ccccc3)c3ccccc3-c3cc(N(c4ccc(-c5cccc6c5sc5ccccc56)cc4)c4ccc5c(c4)-c4ccccc4C5(c4ccccc4)c4ccccc4)ccc32)cc1. The van der Waals surface area contributed by atoms with E-state index in [0.717, 1.165) is 17.1 Å². The monoisotopic (exact) mass is 907 g/mol. The largest absolute Gasteiger partial charge is 0.310 e. The number of hydrogen-bond acceptors (Lipinski definition) is 2. The Balaban J connectivity index is 0.993. The Hall–Kier alpha value is -8.56. The third-order valence-electron chi connectivity index (χ3n) is 15.2. The minimum atomic E-state index is -0.484. The normalized spacial score (nSPS) is 13.7. The molecule has 2 aliphatic rings. The van der Waals surface area contributed by atoms with E-state index in [4.69, 9.17) is 0 Å². The average molecular weight is 908 g/mol. The van der Waals surface area contributed by atoms with Crippen molar-refractivity contribution in [2.75, 3.05) is 4.90 Å². The van der Waals surface area contributed by atoms with Gasteiger partial charge in [-0.1, -0.05) is 231 Å². The third kappa shape index (κ3) is 5.84. The highest BCUT2D eigenvalue weighted by atomic mass is 32.1. The second-order valence-corrected chi connectivity index (χ2v) is 19.7. The van der Waals surface area contributed by atoms with Crippen LogP contribution in [0.3, 0.4) is 0 Å². The first-order valence-corrected chi connectivity index (χ1v) is 25.1. The van der Waals surface area contributed by atoms with Crippen molar-refractivity contribution in [1.82, 2.24) is 0 Å². The molecular weight excluding hydrogens is 863 g/mol. The van der Waals surface area contributed by atoms with Gasteiger partial charge in [0.05, 0.1) is 10.8 Å². The van der Waals surface area contributed by atoms with Gasteiger partial charge in [0.2, 0.25) is 0 Å². The predicted molar refractivity (Wildman–Crippen MR) is 294 cm³/mol. The maximum atomic E-state index is 2.48. The van der Waals surface area contributed by atoms with Crippen LogP contribution in [0.1, 0.15) is 44.5 Å². The molecule has 0 bridgehead atoms. The summed E-state index contributed by atoms with van der Waals surface area (Å²) in [6.07, 6.45) is 0. The Bertz CT molecular complexity index is 3670. The van der Waals surface area contributed by atoms with Gasteiger partial charge in [0.15, 0.2) is 0 Å². The Labute approximate surface area is 412 Å². The van der Waals surface area contributed by atoms with Gasteiger partial charge in [-0.3, -0.25) is 0 Å². The van der Waals surface area contributed by atoms with Crippen LogP contribution in [0.4, 0.5) is 17.1 Å². The molecule has 1 nitrogen and oxygen atoms in total. The molecule has 12 aromatic rings. The number of anilines is 3. The van der Waals surface area contributed by atoms with Crippen molar-refractivity contribution in [2.24, 2.45) is 0 Å². The molecule has 1 heterocycles. The fourth-order valence-corrected chi connectivity index (χ4v) is 13.6. The first-order chi connectivity index (χ1) is 34.7. The number of rotatable bonds is 8. The Morgan fingerprint density at radius 2 is 0.657 bits per heavy atom. The van der Waals surface area contributed by atoms with E-state index in [0.29, 0.717) is 0 Å². The molecule has 0 N–H and O–H groups in total. The molecule has 0 saturated carbocycles. The van der Waals surface area contributed by atoms with Crippen molar-refractivity contribution in [3.63, 3.8) is 0 Å². The molecule has 11 aromatic carbocycles. The van der Waals surface area contributed by atoms with Crippen LogP contribution in [0.5, 0.6) is 0 Å². The van der Waals surface area contributed by atoms with E-state index < -0.39 is 10.8 Å². The lowest BCUT2D eigenvalue weighted by Gasteiger charge is -2.34. The highest BCUT2D eigenvalue weighted by Crippen LogP contribution is 2.59. The Morgan fingerprint density at radius 1 is 0.271 bits per heavy atom. The van der Waals surface area contributed by atoms with Gasteiger partial charge in [-0.25, -0.2) is 0 Å². The smallest absolute Gasteiger partial charge is 0.0713 e. The van der Waals surface area contributed by atoms with Crippen LogP contribution in [-0.2, 0) is 10.8 Å². The molecule has 0 atom stereocenters. The molecule has 0 spiro atoms. The maximum Gasteiger partial charge on any atom is 0.0713 e. The Morgan fingerprint density at radius 3 is 1.16 bits per heavy atom. The molecule has 0 amide bonds. The van der Waals surface area contributed by atoms with Crippen molar-refractivity contribution >= 4 is 48.6 Å². The van der Waals surface area contributed by atoms with Crippen LogP contribution in [0.15, 0.2) is 273 Å². The van der Waals surface area contributed by atoms with Crippen molar-refractivity contribution < 1.29 is 0 Å². The number of fused-ring (bicyclic) bond motifs is 9. The molecule has 2 heteroatoms. The molecule has 0 unspecified atom stereocenters. The maximum absolute atomic E-state index is 2.48. The fourth-order valence-electron chi connectivity index (χ4n) is 12.4. The molecule has 0 aliphatic heterocycles. The zero-order valence-electron chi connectivity index (χ0n) is 38.3. The summed E-state index contributed by atoms with van der Waals surface area (Å²) in [6, 6.07) is 102. The molecule has 2 aliphatic carbocycles. The minimum Gasteiger partial charge on any atom is -0.310 e. The second kappa shape index (κ2) is 16.0. The van der Waals surface area contributed by atoms with Crippen LogP contribution < -0.4 is 4.90 Å². The molecule has 328 valence electrons. The van der Waals surface area contributed by atoms with Gasteiger partial charge in [0.1, 0.15) is 0 Å². The zero-order valence-corrected chi connectivity index (χ0v) is 39.2. The lowest BCUT2D eigenvalue weighted by atomic mass is 9.67. The van der Waals surface area contributed by atoms with E-state index in [2.05, 4.69) is 278 Å². The van der Waals surface area contributed by atoms with Gasteiger partial charge in [-0.2, -0.15) is 0 Å². The van der Waals surface area contributed by atoms with Gasteiger partial charge in [-0.05, 0) is 120 Å². The topological polar surface area (TPSA) is 3.24 Å². The minimum absolute atomic E-state index is 0.484. The summed E-state index contributed by atoms with van der Waals surface area (Å²) in [6.45, 7) is 0. The van der Waals surface area contributed by atoms with E-state index in [1.54, 1.807) is 0 Å². The number of thiophene rings is 1. The third-order valence-corrected chi connectivity index (χ3v) is 16.5.